The molecule has 0 unspecified atom stereocenters. The van der Waals surface area contributed by atoms with Gasteiger partial charge in [0, 0.05) is 5.56 Å². The normalized spacial score (nSPS) is 13.3. The topological polar surface area (TPSA) is 61.6 Å². The number of allylic oxidation sites excluding steroid dienone is 1. The van der Waals surface area contributed by atoms with E-state index in [1.807, 2.05) is 19.1 Å². The molecule has 0 radical (unpaired) electrons. The maximum atomic E-state index is 10.7. The molecule has 4 heteroatoms. The first-order chi connectivity index (χ1) is 7.16. The van der Waals surface area contributed by atoms with Crippen LogP contribution in [0.3, 0.4) is 0 Å². The average molecular weight is 205 g/mol. The van der Waals surface area contributed by atoms with Crippen molar-refractivity contribution in [3.8, 4) is 5.75 Å². The standard InChI is InChI=1S/C11H11NO3/c1-7-6-14-15-10-4-8(5-11(12)13)2-3-9(7)10/h2-4,6H,5H2,1H3,(H2,12,13). The van der Waals surface area contributed by atoms with E-state index >= 15 is 0 Å². The van der Waals surface area contributed by atoms with Gasteiger partial charge in [-0.2, -0.15) is 0 Å². The van der Waals surface area contributed by atoms with Gasteiger partial charge in [0.1, 0.15) is 6.26 Å². The summed E-state index contributed by atoms with van der Waals surface area (Å²) in [6, 6.07) is 5.51. The van der Waals surface area contributed by atoms with Gasteiger partial charge < -0.3 is 5.73 Å². The number of nitrogens with two attached hydrogens (primary N) is 1. The molecule has 1 aliphatic heterocycles. The van der Waals surface area contributed by atoms with E-state index in [4.69, 9.17) is 15.5 Å². The van der Waals surface area contributed by atoms with Crippen LogP contribution in [0.25, 0.3) is 5.57 Å². The Morgan fingerprint density at radius 2 is 2.27 bits per heavy atom. The molecule has 1 amide bonds. The third kappa shape index (κ3) is 1.93. The minimum absolute atomic E-state index is 0.208. The van der Waals surface area contributed by atoms with E-state index < -0.39 is 0 Å². The van der Waals surface area contributed by atoms with E-state index in [-0.39, 0.29) is 12.3 Å². The van der Waals surface area contributed by atoms with Crippen LogP contribution in [0.2, 0.25) is 0 Å². The highest BCUT2D eigenvalue weighted by Crippen LogP contribution is 2.30. The Hall–Kier alpha value is -1.97. The van der Waals surface area contributed by atoms with Gasteiger partial charge in [0.25, 0.3) is 0 Å². The number of fused-ring (bicyclic) bond motifs is 1. The Labute approximate surface area is 87.2 Å². The van der Waals surface area contributed by atoms with Crippen molar-refractivity contribution in [1.29, 1.82) is 0 Å². The van der Waals surface area contributed by atoms with Crippen molar-refractivity contribution < 1.29 is 14.6 Å². The molecule has 0 aliphatic carbocycles. The molecule has 0 saturated heterocycles. The molecule has 15 heavy (non-hydrogen) atoms. The lowest BCUT2D eigenvalue weighted by atomic mass is 10.0. The molecule has 0 atom stereocenters. The molecule has 1 aromatic carbocycles. The van der Waals surface area contributed by atoms with Gasteiger partial charge in [-0.1, -0.05) is 12.1 Å². The summed E-state index contributed by atoms with van der Waals surface area (Å²) in [5.74, 6) is 0.257. The Bertz CT molecular complexity index is 437. The Balaban J connectivity index is 2.34. The van der Waals surface area contributed by atoms with Crippen LogP contribution in [0.1, 0.15) is 18.1 Å². The number of rotatable bonds is 2. The first kappa shape index (κ1) is 9.58. The second-order valence-corrected chi connectivity index (χ2v) is 3.45. The lowest BCUT2D eigenvalue weighted by molar-refractivity contribution is -0.152. The first-order valence-electron chi connectivity index (χ1n) is 4.58. The Kier molecular flexibility index (Phi) is 2.33. The third-order valence-electron chi connectivity index (χ3n) is 2.21. The second-order valence-electron chi connectivity index (χ2n) is 3.45. The quantitative estimate of drug-likeness (QED) is 0.742. The molecule has 0 bridgehead atoms. The summed E-state index contributed by atoms with van der Waals surface area (Å²) < 4.78 is 0. The van der Waals surface area contributed by atoms with E-state index in [1.165, 1.54) is 6.26 Å². The van der Waals surface area contributed by atoms with Crippen LogP contribution in [0.5, 0.6) is 5.75 Å². The molecule has 0 spiro atoms. The molecule has 0 fully saturated rings. The van der Waals surface area contributed by atoms with Gasteiger partial charge in [-0.05, 0) is 24.1 Å². The molecule has 4 nitrogen and oxygen atoms in total. The zero-order valence-electron chi connectivity index (χ0n) is 8.32. The maximum Gasteiger partial charge on any atom is 0.221 e. The number of carbonyl (C=O) groups is 1. The van der Waals surface area contributed by atoms with Crippen molar-refractivity contribution in [2.75, 3.05) is 0 Å². The van der Waals surface area contributed by atoms with Gasteiger partial charge in [-0.15, -0.1) is 0 Å². The van der Waals surface area contributed by atoms with Crippen LogP contribution in [-0.2, 0) is 16.1 Å². The van der Waals surface area contributed by atoms with Crippen LogP contribution >= 0.6 is 0 Å². The van der Waals surface area contributed by atoms with E-state index in [0.29, 0.717) is 5.75 Å². The smallest absolute Gasteiger partial charge is 0.221 e. The van der Waals surface area contributed by atoms with Crippen LogP contribution in [0.4, 0.5) is 0 Å². The average Bonchev–Trinajstić information content (AvgIpc) is 2.17. The van der Waals surface area contributed by atoms with Crippen molar-refractivity contribution in [2.24, 2.45) is 5.73 Å². The summed E-state index contributed by atoms with van der Waals surface area (Å²) in [5, 5.41) is 0. The van der Waals surface area contributed by atoms with Gasteiger partial charge in [0.05, 0.1) is 6.42 Å². The molecule has 1 heterocycles. The number of benzene rings is 1. The summed E-state index contributed by atoms with van der Waals surface area (Å²) in [7, 11) is 0. The summed E-state index contributed by atoms with van der Waals surface area (Å²) in [6.07, 6.45) is 1.75. The maximum absolute atomic E-state index is 10.7. The number of amides is 1. The summed E-state index contributed by atoms with van der Waals surface area (Å²) in [5.41, 5.74) is 7.88. The summed E-state index contributed by atoms with van der Waals surface area (Å²) in [4.78, 5) is 20.5. The number of hydrogen-bond acceptors (Lipinski definition) is 3. The summed E-state index contributed by atoms with van der Waals surface area (Å²) >= 11 is 0. The van der Waals surface area contributed by atoms with Crippen molar-refractivity contribution in [1.82, 2.24) is 0 Å². The molecule has 2 rings (SSSR count). The minimum atomic E-state index is -0.362. The fourth-order valence-corrected chi connectivity index (χ4v) is 1.48. The molecule has 1 aliphatic rings. The number of hydrogen-bond donors (Lipinski definition) is 1. The van der Waals surface area contributed by atoms with Gasteiger partial charge in [0.15, 0.2) is 5.75 Å². The highest BCUT2D eigenvalue weighted by atomic mass is 17.2. The summed E-state index contributed by atoms with van der Waals surface area (Å²) in [6.45, 7) is 1.93. The Morgan fingerprint density at radius 1 is 1.47 bits per heavy atom. The number of carbonyl (C=O) groups excluding carboxylic acids is 1. The third-order valence-corrected chi connectivity index (χ3v) is 2.21. The number of primary amides is 1. The highest BCUT2D eigenvalue weighted by molar-refractivity contribution is 5.77. The lowest BCUT2D eigenvalue weighted by Crippen LogP contribution is -2.14. The van der Waals surface area contributed by atoms with Crippen LogP contribution in [-0.4, -0.2) is 5.91 Å². The molecule has 2 N–H and O–H groups in total. The molecule has 78 valence electrons. The Morgan fingerprint density at radius 3 is 3.00 bits per heavy atom. The second kappa shape index (κ2) is 3.65. The van der Waals surface area contributed by atoms with Gasteiger partial charge in [-0.3, -0.25) is 14.6 Å². The van der Waals surface area contributed by atoms with Gasteiger partial charge in [0.2, 0.25) is 5.91 Å². The minimum Gasteiger partial charge on any atom is -0.369 e. The SMILES string of the molecule is CC1=COOc2cc(CC(N)=O)ccc21. The van der Waals surface area contributed by atoms with Crippen molar-refractivity contribution in [2.45, 2.75) is 13.3 Å². The zero-order chi connectivity index (χ0) is 10.8. The van der Waals surface area contributed by atoms with E-state index in [9.17, 15) is 4.79 Å². The fourth-order valence-electron chi connectivity index (χ4n) is 1.48. The van der Waals surface area contributed by atoms with Crippen LogP contribution < -0.4 is 10.6 Å². The highest BCUT2D eigenvalue weighted by Gasteiger charge is 2.13. The molecular formula is C11H11NO3. The zero-order valence-corrected chi connectivity index (χ0v) is 8.32. The monoisotopic (exact) mass is 205 g/mol. The van der Waals surface area contributed by atoms with Crippen LogP contribution in [0, 0.1) is 0 Å². The molecule has 0 saturated carbocycles. The van der Waals surface area contributed by atoms with Gasteiger partial charge in [-0.25, -0.2) is 0 Å². The van der Waals surface area contributed by atoms with E-state index in [0.717, 1.165) is 16.7 Å². The van der Waals surface area contributed by atoms with E-state index in [1.54, 1.807) is 6.07 Å². The van der Waals surface area contributed by atoms with Gasteiger partial charge >= 0.3 is 0 Å². The molecule has 1 aromatic rings. The molecule has 0 aromatic heterocycles. The van der Waals surface area contributed by atoms with Crippen molar-refractivity contribution >= 4 is 11.5 Å². The fraction of sp³-hybridized carbons (Fsp3) is 0.182. The largest absolute Gasteiger partial charge is 0.369 e. The van der Waals surface area contributed by atoms with Crippen LogP contribution in [0.15, 0.2) is 24.5 Å². The predicted octanol–water partition coefficient (Wildman–Crippen LogP) is 1.40. The van der Waals surface area contributed by atoms with Crippen molar-refractivity contribution in [3.63, 3.8) is 0 Å². The first-order valence-corrected chi connectivity index (χ1v) is 4.58. The van der Waals surface area contributed by atoms with E-state index in [2.05, 4.69) is 0 Å². The molecular weight excluding hydrogens is 194 g/mol. The van der Waals surface area contributed by atoms with Crippen molar-refractivity contribution in [3.05, 3.63) is 35.6 Å². The lowest BCUT2D eigenvalue weighted by Gasteiger charge is -2.15. The predicted molar refractivity (Wildman–Crippen MR) is 54.7 cm³/mol.